The molecule has 1 heterocycles. The molecular formula is C11H10F2N2. The third-order valence-electron chi connectivity index (χ3n) is 2.06. The molecule has 0 amide bonds. The fourth-order valence-corrected chi connectivity index (χ4v) is 1.28. The van der Waals surface area contributed by atoms with Crippen molar-refractivity contribution in [2.24, 2.45) is 0 Å². The van der Waals surface area contributed by atoms with Crippen molar-refractivity contribution in [2.75, 3.05) is 0 Å². The van der Waals surface area contributed by atoms with Crippen LogP contribution < -0.4 is 0 Å². The van der Waals surface area contributed by atoms with E-state index in [4.69, 9.17) is 0 Å². The van der Waals surface area contributed by atoms with Crippen LogP contribution in [0.4, 0.5) is 8.78 Å². The maximum absolute atomic E-state index is 12.9. The van der Waals surface area contributed by atoms with Crippen molar-refractivity contribution in [3.8, 4) is 5.69 Å². The van der Waals surface area contributed by atoms with E-state index in [1.54, 1.807) is 0 Å². The zero-order valence-electron chi connectivity index (χ0n) is 8.19. The summed E-state index contributed by atoms with van der Waals surface area (Å²) in [4.78, 5) is 0. The van der Waals surface area contributed by atoms with Gasteiger partial charge < -0.3 is 0 Å². The van der Waals surface area contributed by atoms with Gasteiger partial charge in [-0.05, 0) is 18.2 Å². The minimum atomic E-state index is -2.89. The van der Waals surface area contributed by atoms with E-state index in [9.17, 15) is 8.78 Å². The molecule has 0 radical (unpaired) electrons. The average molecular weight is 208 g/mol. The Morgan fingerprint density at radius 1 is 1.13 bits per heavy atom. The second kappa shape index (κ2) is 3.46. The van der Waals surface area contributed by atoms with E-state index in [1.165, 1.54) is 16.9 Å². The van der Waals surface area contributed by atoms with Crippen LogP contribution >= 0.6 is 0 Å². The quantitative estimate of drug-likeness (QED) is 0.741. The number of halogens is 2. The number of alkyl halides is 2. The molecule has 2 nitrogen and oxygen atoms in total. The molecule has 0 fully saturated rings. The van der Waals surface area contributed by atoms with Crippen LogP contribution in [0.25, 0.3) is 5.69 Å². The molecule has 2 rings (SSSR count). The summed E-state index contributed by atoms with van der Waals surface area (Å²) >= 11 is 0. The summed E-state index contributed by atoms with van der Waals surface area (Å²) < 4.78 is 27.3. The summed E-state index contributed by atoms with van der Waals surface area (Å²) in [5.41, 5.74) is 0.555. The lowest BCUT2D eigenvalue weighted by Gasteiger charge is -2.05. The van der Waals surface area contributed by atoms with Crippen LogP contribution in [0, 0.1) is 0 Å². The lowest BCUT2D eigenvalue weighted by molar-refractivity contribution is 0.0124. The standard InChI is InChI=1S/C11H10F2N2/c1-11(12,13)10-7-8-15(14-10)9-5-3-2-4-6-9/h2-8H,1H3. The van der Waals surface area contributed by atoms with Gasteiger partial charge in [0.2, 0.25) is 0 Å². The average Bonchev–Trinajstić information content (AvgIpc) is 2.67. The number of aromatic nitrogens is 2. The molecule has 0 unspecified atom stereocenters. The number of para-hydroxylation sites is 1. The van der Waals surface area contributed by atoms with Gasteiger partial charge in [0, 0.05) is 13.1 Å². The third kappa shape index (κ3) is 2.03. The predicted molar refractivity (Wildman–Crippen MR) is 53.1 cm³/mol. The molecule has 2 aromatic rings. The highest BCUT2D eigenvalue weighted by Gasteiger charge is 2.27. The number of hydrogen-bond acceptors (Lipinski definition) is 1. The Hall–Kier alpha value is -1.71. The topological polar surface area (TPSA) is 17.8 Å². The Kier molecular flexibility index (Phi) is 2.26. The van der Waals surface area contributed by atoms with Gasteiger partial charge in [-0.15, -0.1) is 0 Å². The Morgan fingerprint density at radius 2 is 1.80 bits per heavy atom. The fourth-order valence-electron chi connectivity index (χ4n) is 1.28. The predicted octanol–water partition coefficient (Wildman–Crippen LogP) is 2.98. The highest BCUT2D eigenvalue weighted by atomic mass is 19.3. The van der Waals surface area contributed by atoms with E-state index in [-0.39, 0.29) is 5.69 Å². The van der Waals surface area contributed by atoms with E-state index in [0.717, 1.165) is 12.6 Å². The van der Waals surface area contributed by atoms with Crippen molar-refractivity contribution < 1.29 is 8.78 Å². The van der Waals surface area contributed by atoms with Gasteiger partial charge in [0.1, 0.15) is 5.69 Å². The van der Waals surface area contributed by atoms with E-state index in [0.29, 0.717) is 0 Å². The highest BCUT2D eigenvalue weighted by molar-refractivity contribution is 5.30. The number of hydrogen-bond donors (Lipinski definition) is 0. The molecule has 78 valence electrons. The normalized spacial score (nSPS) is 11.7. The molecule has 0 aliphatic heterocycles. The van der Waals surface area contributed by atoms with E-state index in [2.05, 4.69) is 5.10 Å². The maximum atomic E-state index is 12.9. The molecule has 15 heavy (non-hydrogen) atoms. The monoisotopic (exact) mass is 208 g/mol. The molecule has 0 saturated carbocycles. The molecular weight excluding hydrogens is 198 g/mol. The van der Waals surface area contributed by atoms with Crippen LogP contribution in [-0.2, 0) is 5.92 Å². The first-order valence-electron chi connectivity index (χ1n) is 4.57. The first kappa shape index (κ1) is 9.83. The molecule has 1 aromatic heterocycles. The third-order valence-corrected chi connectivity index (χ3v) is 2.06. The largest absolute Gasteiger partial charge is 0.288 e. The minimum absolute atomic E-state index is 0.216. The lowest BCUT2D eigenvalue weighted by atomic mass is 10.3. The zero-order valence-corrected chi connectivity index (χ0v) is 8.19. The number of nitrogens with zero attached hydrogens (tertiary/aromatic N) is 2. The van der Waals surface area contributed by atoms with Crippen LogP contribution in [-0.4, -0.2) is 9.78 Å². The van der Waals surface area contributed by atoms with Crippen LogP contribution in [0.15, 0.2) is 42.6 Å². The molecule has 0 aliphatic carbocycles. The van der Waals surface area contributed by atoms with E-state index >= 15 is 0 Å². The maximum Gasteiger partial charge on any atom is 0.288 e. The Morgan fingerprint density at radius 3 is 2.33 bits per heavy atom. The summed E-state index contributed by atoms with van der Waals surface area (Å²) in [6.45, 7) is 0.838. The van der Waals surface area contributed by atoms with Crippen LogP contribution in [0.2, 0.25) is 0 Å². The molecule has 0 bridgehead atoms. The first-order chi connectivity index (χ1) is 7.07. The van der Waals surface area contributed by atoms with Gasteiger partial charge in [0.05, 0.1) is 5.69 Å². The zero-order chi connectivity index (χ0) is 10.9. The first-order valence-corrected chi connectivity index (χ1v) is 4.57. The van der Waals surface area contributed by atoms with E-state index < -0.39 is 5.92 Å². The summed E-state index contributed by atoms with van der Waals surface area (Å²) in [6.07, 6.45) is 1.53. The molecule has 0 aliphatic rings. The van der Waals surface area contributed by atoms with Crippen LogP contribution in [0.3, 0.4) is 0 Å². The summed E-state index contributed by atoms with van der Waals surface area (Å²) in [6, 6.07) is 10.5. The van der Waals surface area contributed by atoms with Crippen molar-refractivity contribution in [3.63, 3.8) is 0 Å². The van der Waals surface area contributed by atoms with Crippen molar-refractivity contribution in [2.45, 2.75) is 12.8 Å². The van der Waals surface area contributed by atoms with Gasteiger partial charge >= 0.3 is 0 Å². The summed E-state index contributed by atoms with van der Waals surface area (Å²) in [7, 11) is 0. The van der Waals surface area contributed by atoms with Gasteiger partial charge in [0.15, 0.2) is 0 Å². The molecule has 0 saturated heterocycles. The van der Waals surface area contributed by atoms with Gasteiger partial charge in [-0.1, -0.05) is 18.2 Å². The lowest BCUT2D eigenvalue weighted by Crippen LogP contribution is -2.08. The second-order valence-corrected chi connectivity index (χ2v) is 3.37. The molecule has 0 N–H and O–H groups in total. The van der Waals surface area contributed by atoms with Gasteiger partial charge in [0.25, 0.3) is 5.92 Å². The van der Waals surface area contributed by atoms with Crippen molar-refractivity contribution >= 4 is 0 Å². The fraction of sp³-hybridized carbons (Fsp3) is 0.182. The van der Waals surface area contributed by atoms with Crippen molar-refractivity contribution in [3.05, 3.63) is 48.3 Å². The Labute approximate surface area is 86.2 Å². The van der Waals surface area contributed by atoms with Gasteiger partial charge in [-0.25, -0.2) is 4.68 Å². The van der Waals surface area contributed by atoms with Crippen LogP contribution in [0.1, 0.15) is 12.6 Å². The minimum Gasteiger partial charge on any atom is -0.241 e. The Balaban J connectivity index is 2.37. The SMILES string of the molecule is CC(F)(F)c1ccn(-c2ccccc2)n1. The highest BCUT2D eigenvalue weighted by Crippen LogP contribution is 2.25. The smallest absolute Gasteiger partial charge is 0.241 e. The molecule has 0 spiro atoms. The van der Waals surface area contributed by atoms with Crippen LogP contribution in [0.5, 0.6) is 0 Å². The molecule has 0 atom stereocenters. The number of rotatable bonds is 2. The number of benzene rings is 1. The molecule has 4 heteroatoms. The van der Waals surface area contributed by atoms with Gasteiger partial charge in [-0.3, -0.25) is 0 Å². The van der Waals surface area contributed by atoms with Crippen molar-refractivity contribution in [1.29, 1.82) is 0 Å². The van der Waals surface area contributed by atoms with E-state index in [1.807, 2.05) is 30.3 Å². The Bertz CT molecular complexity index is 443. The molecule has 1 aromatic carbocycles. The van der Waals surface area contributed by atoms with Crippen molar-refractivity contribution in [1.82, 2.24) is 9.78 Å². The summed E-state index contributed by atoms with van der Waals surface area (Å²) in [5.74, 6) is -2.89. The second-order valence-electron chi connectivity index (χ2n) is 3.37. The van der Waals surface area contributed by atoms with Gasteiger partial charge in [-0.2, -0.15) is 13.9 Å². The summed E-state index contributed by atoms with van der Waals surface area (Å²) in [5, 5.41) is 3.82.